The molecule has 0 unspecified atom stereocenters. The summed E-state index contributed by atoms with van der Waals surface area (Å²) in [4.78, 5) is 38.4. The minimum atomic E-state index is -1.15. The lowest BCUT2D eigenvalue weighted by Crippen LogP contribution is -2.46. The number of benzene rings is 1. The third-order valence-electron chi connectivity index (χ3n) is 5.69. The molecule has 0 saturated carbocycles. The van der Waals surface area contributed by atoms with Crippen LogP contribution in [0.15, 0.2) is 36.4 Å². The molecule has 2 amide bonds. The van der Waals surface area contributed by atoms with Gasteiger partial charge in [0.15, 0.2) is 5.82 Å². The highest BCUT2D eigenvalue weighted by Gasteiger charge is 2.33. The molecule has 4 rings (SSSR count). The molecule has 0 radical (unpaired) electrons. The predicted octanol–water partition coefficient (Wildman–Crippen LogP) is 1.77. The lowest BCUT2D eigenvalue weighted by atomic mass is 9.92. The van der Waals surface area contributed by atoms with Crippen LogP contribution in [0.25, 0.3) is 22.4 Å². The molecule has 4 N–H and O–H groups in total. The lowest BCUT2D eigenvalue weighted by Gasteiger charge is -2.34. The molecule has 3 aromatic rings. The van der Waals surface area contributed by atoms with Crippen LogP contribution in [-0.4, -0.2) is 68.6 Å². The van der Waals surface area contributed by atoms with Crippen LogP contribution in [0.1, 0.15) is 30.3 Å². The van der Waals surface area contributed by atoms with Crippen LogP contribution in [0.5, 0.6) is 0 Å². The van der Waals surface area contributed by atoms with Gasteiger partial charge >= 0.3 is 0 Å². The number of hydrogen-bond donors (Lipinski definition) is 4. The van der Waals surface area contributed by atoms with Gasteiger partial charge in [0.05, 0.1) is 5.39 Å². The Bertz CT molecular complexity index is 1210. The number of hydrogen-bond acceptors (Lipinski definition) is 6. The number of rotatable bonds is 6. The van der Waals surface area contributed by atoms with E-state index in [-0.39, 0.29) is 11.8 Å². The topological polar surface area (TPSA) is 123 Å². The lowest BCUT2D eigenvalue weighted by molar-refractivity contribution is -0.118. The standard InChI is InChI=1S/C24H26N6O3/c1-3-24(33)9-13-30(14-10-24)23(32)19-15-18-21(26-12-11-25-16(2)31)28-20(29-22(18)27-19)17-7-5-4-6-8-17/h1,4-8,15,33H,9-14H2,2H3,(H,25,31)(H2,26,27,28,29). The summed E-state index contributed by atoms with van der Waals surface area (Å²) in [6.07, 6.45) is 6.08. The van der Waals surface area contributed by atoms with Gasteiger partial charge in [0.2, 0.25) is 5.91 Å². The van der Waals surface area contributed by atoms with Crippen molar-refractivity contribution in [3.63, 3.8) is 0 Å². The Kier molecular flexibility index (Phi) is 6.29. The molecule has 1 aromatic carbocycles. The Morgan fingerprint density at radius 1 is 1.21 bits per heavy atom. The maximum absolute atomic E-state index is 13.1. The number of anilines is 1. The molecule has 1 saturated heterocycles. The molecular formula is C24H26N6O3. The number of H-pyrrole nitrogens is 1. The molecule has 0 atom stereocenters. The third-order valence-corrected chi connectivity index (χ3v) is 5.69. The Morgan fingerprint density at radius 3 is 2.61 bits per heavy atom. The maximum atomic E-state index is 13.1. The van der Waals surface area contributed by atoms with Gasteiger partial charge in [-0.05, 0) is 6.07 Å². The fourth-order valence-corrected chi connectivity index (χ4v) is 3.79. The van der Waals surface area contributed by atoms with E-state index in [9.17, 15) is 14.7 Å². The average Bonchev–Trinajstić information content (AvgIpc) is 3.27. The van der Waals surface area contributed by atoms with E-state index in [1.807, 2.05) is 30.3 Å². The molecule has 9 heteroatoms. The fraction of sp³-hybridized carbons (Fsp3) is 0.333. The van der Waals surface area contributed by atoms with Crippen LogP contribution in [0.3, 0.4) is 0 Å². The number of nitrogens with zero attached hydrogens (tertiary/aromatic N) is 3. The van der Waals surface area contributed by atoms with E-state index in [2.05, 4.69) is 31.5 Å². The largest absolute Gasteiger partial charge is 0.377 e. The first-order valence-electron chi connectivity index (χ1n) is 10.8. The Balaban J connectivity index is 1.63. The van der Waals surface area contributed by atoms with E-state index in [0.29, 0.717) is 67.4 Å². The maximum Gasteiger partial charge on any atom is 0.270 e. The second-order valence-corrected chi connectivity index (χ2v) is 8.09. The van der Waals surface area contributed by atoms with Crippen molar-refractivity contribution in [2.75, 3.05) is 31.5 Å². The van der Waals surface area contributed by atoms with E-state index < -0.39 is 5.60 Å². The summed E-state index contributed by atoms with van der Waals surface area (Å²) in [5.74, 6) is 3.21. The summed E-state index contributed by atoms with van der Waals surface area (Å²) in [6.45, 7) is 3.11. The summed E-state index contributed by atoms with van der Waals surface area (Å²) in [5, 5.41) is 16.9. The zero-order chi connectivity index (χ0) is 23.4. The molecule has 1 aliphatic heterocycles. The first-order valence-corrected chi connectivity index (χ1v) is 10.8. The number of aliphatic hydroxyl groups is 1. The second-order valence-electron chi connectivity index (χ2n) is 8.09. The summed E-state index contributed by atoms with van der Waals surface area (Å²) in [7, 11) is 0. The SMILES string of the molecule is C#CC1(O)CCN(C(=O)c2cc3c(NCCNC(C)=O)nc(-c4ccccc4)nc3[nH]2)CC1. The predicted molar refractivity (Wildman–Crippen MR) is 125 cm³/mol. The molecule has 9 nitrogen and oxygen atoms in total. The van der Waals surface area contributed by atoms with Gasteiger partial charge in [-0.3, -0.25) is 9.59 Å². The van der Waals surface area contributed by atoms with Gasteiger partial charge in [0, 0.05) is 51.5 Å². The number of amides is 2. The number of terminal acetylenes is 1. The van der Waals surface area contributed by atoms with Crippen LogP contribution in [-0.2, 0) is 4.79 Å². The summed E-state index contributed by atoms with van der Waals surface area (Å²) >= 11 is 0. The van der Waals surface area contributed by atoms with Crippen LogP contribution >= 0.6 is 0 Å². The Morgan fingerprint density at radius 2 is 1.94 bits per heavy atom. The fourth-order valence-electron chi connectivity index (χ4n) is 3.79. The zero-order valence-electron chi connectivity index (χ0n) is 18.4. The Hall–Kier alpha value is -3.90. The number of aromatic amines is 1. The van der Waals surface area contributed by atoms with Crippen molar-refractivity contribution in [3.8, 4) is 23.7 Å². The number of piperidine rings is 1. The van der Waals surface area contributed by atoms with Gasteiger partial charge in [-0.15, -0.1) is 6.42 Å². The number of likely N-dealkylation sites (tertiary alicyclic amines) is 1. The van der Waals surface area contributed by atoms with E-state index >= 15 is 0 Å². The number of fused-ring (bicyclic) bond motifs is 1. The van der Waals surface area contributed by atoms with Crippen molar-refractivity contribution in [2.45, 2.75) is 25.4 Å². The van der Waals surface area contributed by atoms with Gasteiger partial charge in [-0.25, -0.2) is 9.97 Å². The molecule has 3 heterocycles. The molecule has 0 bridgehead atoms. The molecule has 170 valence electrons. The van der Waals surface area contributed by atoms with E-state index in [4.69, 9.17) is 6.42 Å². The molecular weight excluding hydrogens is 420 g/mol. The first kappa shape index (κ1) is 22.3. The van der Waals surface area contributed by atoms with Gasteiger partial charge in [0.25, 0.3) is 5.91 Å². The second kappa shape index (κ2) is 9.30. The number of nitrogens with one attached hydrogen (secondary N) is 3. The van der Waals surface area contributed by atoms with Crippen LogP contribution < -0.4 is 10.6 Å². The number of carbonyl (C=O) groups excluding carboxylic acids is 2. The van der Waals surface area contributed by atoms with Crippen LogP contribution in [0.2, 0.25) is 0 Å². The average molecular weight is 447 g/mol. The quantitative estimate of drug-likeness (QED) is 0.338. The monoisotopic (exact) mass is 446 g/mol. The third kappa shape index (κ3) is 4.96. The molecule has 33 heavy (non-hydrogen) atoms. The van der Waals surface area contributed by atoms with Crippen molar-refractivity contribution in [1.29, 1.82) is 0 Å². The highest BCUT2D eigenvalue weighted by molar-refractivity contribution is 6.00. The minimum Gasteiger partial charge on any atom is -0.377 e. The molecule has 1 fully saturated rings. The van der Waals surface area contributed by atoms with Crippen molar-refractivity contribution >= 4 is 28.7 Å². The van der Waals surface area contributed by atoms with E-state index in [1.165, 1.54) is 6.92 Å². The number of carbonyl (C=O) groups is 2. The van der Waals surface area contributed by atoms with Gasteiger partial charge < -0.3 is 25.6 Å². The molecule has 1 aliphatic rings. The highest BCUT2D eigenvalue weighted by atomic mass is 16.3. The minimum absolute atomic E-state index is 0.109. The Labute approximate surface area is 191 Å². The summed E-state index contributed by atoms with van der Waals surface area (Å²) < 4.78 is 0. The zero-order valence-corrected chi connectivity index (χ0v) is 18.4. The molecule has 0 spiro atoms. The molecule has 0 aliphatic carbocycles. The van der Waals surface area contributed by atoms with Gasteiger partial charge in [0.1, 0.15) is 22.8 Å². The smallest absolute Gasteiger partial charge is 0.270 e. The van der Waals surface area contributed by atoms with E-state index in [1.54, 1.807) is 11.0 Å². The molecule has 2 aromatic heterocycles. The van der Waals surface area contributed by atoms with Crippen molar-refractivity contribution in [1.82, 2.24) is 25.2 Å². The van der Waals surface area contributed by atoms with Crippen molar-refractivity contribution in [2.24, 2.45) is 0 Å². The van der Waals surface area contributed by atoms with Gasteiger partial charge in [-0.1, -0.05) is 36.3 Å². The summed E-state index contributed by atoms with van der Waals surface area (Å²) in [6, 6.07) is 11.3. The van der Waals surface area contributed by atoms with E-state index in [0.717, 1.165) is 5.56 Å². The normalized spacial score (nSPS) is 15.1. The summed E-state index contributed by atoms with van der Waals surface area (Å²) in [5.41, 5.74) is 0.612. The van der Waals surface area contributed by atoms with Crippen LogP contribution in [0.4, 0.5) is 5.82 Å². The first-order chi connectivity index (χ1) is 15.9. The van der Waals surface area contributed by atoms with Crippen molar-refractivity contribution < 1.29 is 14.7 Å². The highest BCUT2D eigenvalue weighted by Crippen LogP contribution is 2.27. The number of aromatic nitrogens is 3. The van der Waals surface area contributed by atoms with Crippen LogP contribution in [0, 0.1) is 12.3 Å². The van der Waals surface area contributed by atoms with Crippen molar-refractivity contribution in [3.05, 3.63) is 42.1 Å². The van der Waals surface area contributed by atoms with Gasteiger partial charge in [-0.2, -0.15) is 0 Å².